The lowest BCUT2D eigenvalue weighted by Gasteiger charge is -2.48. The molecule has 0 heterocycles. The first-order chi connectivity index (χ1) is 11.2. The standard InChI is InChI=1S/C20H28O3/c1-22-13-23-12-20-9-2-3-19(20)18-6-4-14-11-15(21)5-7-16(14)17(18)8-10-20/h11,18-19H,2-10,12-13H2,1H3/t18-,19+,20+/m1/s1. The minimum absolute atomic E-state index is 0.335. The van der Waals surface area contributed by atoms with E-state index in [9.17, 15) is 4.79 Å². The molecule has 3 heteroatoms. The van der Waals surface area contributed by atoms with E-state index in [4.69, 9.17) is 9.47 Å². The summed E-state index contributed by atoms with van der Waals surface area (Å²) in [6, 6.07) is 0. The molecule has 4 aliphatic rings. The molecule has 0 bridgehead atoms. The Labute approximate surface area is 139 Å². The zero-order chi connectivity index (χ0) is 15.9. The van der Waals surface area contributed by atoms with E-state index in [0.29, 0.717) is 18.0 Å². The molecule has 126 valence electrons. The van der Waals surface area contributed by atoms with Crippen LogP contribution in [0, 0.1) is 17.3 Å². The quantitative estimate of drug-likeness (QED) is 0.576. The molecule has 0 spiro atoms. The maximum Gasteiger partial charge on any atom is 0.156 e. The van der Waals surface area contributed by atoms with E-state index in [1.807, 2.05) is 6.08 Å². The van der Waals surface area contributed by atoms with Crippen LogP contribution >= 0.6 is 0 Å². The number of methoxy groups -OCH3 is 1. The summed E-state index contributed by atoms with van der Waals surface area (Å²) in [7, 11) is 1.70. The maximum atomic E-state index is 11.7. The first-order valence-electron chi connectivity index (χ1n) is 9.26. The number of carbonyl (C=O) groups is 1. The zero-order valence-electron chi connectivity index (χ0n) is 14.2. The molecule has 0 aromatic heterocycles. The summed E-state index contributed by atoms with van der Waals surface area (Å²) in [5.41, 5.74) is 5.04. The fourth-order valence-corrected chi connectivity index (χ4v) is 5.91. The van der Waals surface area contributed by atoms with Crippen molar-refractivity contribution in [2.45, 2.75) is 57.8 Å². The predicted molar refractivity (Wildman–Crippen MR) is 88.9 cm³/mol. The molecule has 23 heavy (non-hydrogen) atoms. The van der Waals surface area contributed by atoms with Gasteiger partial charge < -0.3 is 9.47 Å². The Bertz CT molecular complexity index is 559. The summed E-state index contributed by atoms with van der Waals surface area (Å²) in [5, 5.41) is 0. The number of fused-ring (bicyclic) bond motifs is 4. The third kappa shape index (κ3) is 2.62. The number of ketones is 1. The van der Waals surface area contributed by atoms with E-state index in [0.717, 1.165) is 37.7 Å². The summed E-state index contributed by atoms with van der Waals surface area (Å²) >= 11 is 0. The smallest absolute Gasteiger partial charge is 0.156 e. The lowest BCUT2D eigenvalue weighted by molar-refractivity contribution is -0.114. The van der Waals surface area contributed by atoms with Gasteiger partial charge in [0.25, 0.3) is 0 Å². The molecule has 4 rings (SSSR count). The van der Waals surface area contributed by atoms with E-state index in [2.05, 4.69) is 0 Å². The summed E-state index contributed by atoms with van der Waals surface area (Å²) < 4.78 is 10.9. The molecule has 0 radical (unpaired) electrons. The average Bonchev–Trinajstić information content (AvgIpc) is 2.98. The molecule has 3 atom stereocenters. The Morgan fingerprint density at radius 1 is 1.17 bits per heavy atom. The van der Waals surface area contributed by atoms with Crippen molar-refractivity contribution in [3.05, 3.63) is 22.8 Å². The van der Waals surface area contributed by atoms with Gasteiger partial charge in [0.2, 0.25) is 0 Å². The summed E-state index contributed by atoms with van der Waals surface area (Å²) in [6.07, 6.45) is 12.5. The molecule has 2 saturated carbocycles. The molecular formula is C20H28O3. The van der Waals surface area contributed by atoms with Gasteiger partial charge in [0, 0.05) is 13.5 Å². The average molecular weight is 316 g/mol. The van der Waals surface area contributed by atoms with Crippen LogP contribution in [-0.4, -0.2) is 26.3 Å². The summed E-state index contributed by atoms with van der Waals surface area (Å²) in [6.45, 7) is 1.29. The molecule has 0 saturated heterocycles. The maximum absolute atomic E-state index is 11.7. The molecular weight excluding hydrogens is 288 g/mol. The van der Waals surface area contributed by atoms with Gasteiger partial charge in [-0.25, -0.2) is 0 Å². The van der Waals surface area contributed by atoms with E-state index >= 15 is 0 Å². The molecule has 2 fully saturated rings. The van der Waals surface area contributed by atoms with Gasteiger partial charge in [-0.2, -0.15) is 0 Å². The summed E-state index contributed by atoms with van der Waals surface area (Å²) in [5.74, 6) is 1.87. The second kappa shape index (κ2) is 6.18. The van der Waals surface area contributed by atoms with Crippen LogP contribution in [0.25, 0.3) is 0 Å². The Kier molecular flexibility index (Phi) is 4.19. The Morgan fingerprint density at radius 3 is 2.96 bits per heavy atom. The number of allylic oxidation sites excluding steroid dienone is 4. The number of hydrogen-bond donors (Lipinski definition) is 0. The van der Waals surface area contributed by atoms with Crippen LogP contribution in [0.15, 0.2) is 22.8 Å². The van der Waals surface area contributed by atoms with Crippen molar-refractivity contribution in [2.24, 2.45) is 17.3 Å². The third-order valence-corrected chi connectivity index (χ3v) is 6.85. The Morgan fingerprint density at radius 2 is 2.09 bits per heavy atom. The highest BCUT2D eigenvalue weighted by atomic mass is 16.7. The van der Waals surface area contributed by atoms with Crippen molar-refractivity contribution in [3.8, 4) is 0 Å². The van der Waals surface area contributed by atoms with Crippen LogP contribution in [0.2, 0.25) is 0 Å². The van der Waals surface area contributed by atoms with E-state index < -0.39 is 0 Å². The highest BCUT2D eigenvalue weighted by Gasteiger charge is 2.51. The van der Waals surface area contributed by atoms with Gasteiger partial charge in [0.15, 0.2) is 5.78 Å². The van der Waals surface area contributed by atoms with Crippen LogP contribution in [0.5, 0.6) is 0 Å². The van der Waals surface area contributed by atoms with Gasteiger partial charge in [-0.05, 0) is 79.4 Å². The van der Waals surface area contributed by atoms with Gasteiger partial charge in [-0.15, -0.1) is 0 Å². The number of rotatable bonds is 4. The van der Waals surface area contributed by atoms with E-state index in [1.165, 1.54) is 44.1 Å². The Balaban J connectivity index is 1.60. The first-order valence-corrected chi connectivity index (χ1v) is 9.26. The van der Waals surface area contributed by atoms with E-state index in [-0.39, 0.29) is 0 Å². The number of carbonyl (C=O) groups excluding carboxylic acids is 1. The monoisotopic (exact) mass is 316 g/mol. The fraction of sp³-hybridized carbons (Fsp3) is 0.750. The van der Waals surface area contributed by atoms with Crippen LogP contribution < -0.4 is 0 Å². The summed E-state index contributed by atoms with van der Waals surface area (Å²) in [4.78, 5) is 11.7. The molecule has 3 nitrogen and oxygen atoms in total. The topological polar surface area (TPSA) is 35.5 Å². The van der Waals surface area contributed by atoms with Gasteiger partial charge in [-0.1, -0.05) is 12.0 Å². The molecule has 0 unspecified atom stereocenters. The lowest BCUT2D eigenvalue weighted by atomic mass is 9.57. The van der Waals surface area contributed by atoms with Crippen molar-refractivity contribution in [3.63, 3.8) is 0 Å². The SMILES string of the molecule is COCOC[C@@]12CCC[C@H]1[C@@H]1CCC3=CC(=O)CCC3=C1CC2. The van der Waals surface area contributed by atoms with Crippen molar-refractivity contribution in [1.29, 1.82) is 0 Å². The van der Waals surface area contributed by atoms with Crippen LogP contribution in [0.3, 0.4) is 0 Å². The van der Waals surface area contributed by atoms with Crippen molar-refractivity contribution in [2.75, 3.05) is 20.5 Å². The molecule has 0 aromatic carbocycles. The minimum atomic E-state index is 0.335. The van der Waals surface area contributed by atoms with Gasteiger partial charge in [0.05, 0.1) is 6.61 Å². The van der Waals surface area contributed by atoms with Crippen LogP contribution in [0.1, 0.15) is 57.8 Å². The van der Waals surface area contributed by atoms with Gasteiger partial charge in [0.1, 0.15) is 6.79 Å². The zero-order valence-corrected chi connectivity index (χ0v) is 14.2. The third-order valence-electron chi connectivity index (χ3n) is 6.85. The predicted octanol–water partition coefficient (Wildman–Crippen LogP) is 4.18. The minimum Gasteiger partial charge on any atom is -0.359 e. The lowest BCUT2D eigenvalue weighted by Crippen LogP contribution is -2.41. The normalized spacial score (nSPS) is 36.4. The molecule has 0 aliphatic heterocycles. The van der Waals surface area contributed by atoms with Gasteiger partial charge >= 0.3 is 0 Å². The van der Waals surface area contributed by atoms with Crippen LogP contribution in [-0.2, 0) is 14.3 Å². The van der Waals surface area contributed by atoms with Crippen molar-refractivity contribution in [1.82, 2.24) is 0 Å². The highest BCUT2D eigenvalue weighted by molar-refractivity contribution is 5.93. The molecule has 0 amide bonds. The Hall–Kier alpha value is -0.930. The largest absolute Gasteiger partial charge is 0.359 e. The van der Waals surface area contributed by atoms with Gasteiger partial charge in [-0.3, -0.25) is 4.79 Å². The van der Waals surface area contributed by atoms with Crippen molar-refractivity contribution >= 4 is 5.78 Å². The number of ether oxygens (including phenoxy) is 2. The van der Waals surface area contributed by atoms with Crippen LogP contribution in [0.4, 0.5) is 0 Å². The van der Waals surface area contributed by atoms with E-state index in [1.54, 1.807) is 18.3 Å². The molecule has 0 N–H and O–H groups in total. The molecule has 0 aromatic rings. The molecule has 4 aliphatic carbocycles. The fourth-order valence-electron chi connectivity index (χ4n) is 5.91. The highest BCUT2D eigenvalue weighted by Crippen LogP contribution is 2.60. The second-order valence-electron chi connectivity index (χ2n) is 7.90. The van der Waals surface area contributed by atoms with Crippen molar-refractivity contribution < 1.29 is 14.3 Å². The first kappa shape index (κ1) is 15.6. The second-order valence-corrected chi connectivity index (χ2v) is 7.90. The number of hydrogen-bond acceptors (Lipinski definition) is 3.